The Morgan fingerprint density at radius 3 is 2.50 bits per heavy atom. The first-order valence-corrected chi connectivity index (χ1v) is 5.46. The topological polar surface area (TPSA) is 36.9 Å². The van der Waals surface area contributed by atoms with Gasteiger partial charge < -0.3 is 4.42 Å². The van der Waals surface area contributed by atoms with Crippen molar-refractivity contribution in [3.63, 3.8) is 0 Å². The molecule has 3 heteroatoms. The summed E-state index contributed by atoms with van der Waals surface area (Å²) in [6, 6.07) is 15.3. The maximum atomic E-state index is 12.8. The third kappa shape index (κ3) is 1.74. The molecule has 2 aromatic carbocycles. The molecule has 0 saturated carbocycles. The zero-order chi connectivity index (χ0) is 12.5. The molecule has 0 amide bonds. The van der Waals surface area contributed by atoms with Gasteiger partial charge in [0.05, 0.1) is 11.6 Å². The van der Waals surface area contributed by atoms with Gasteiger partial charge in [-0.1, -0.05) is 0 Å². The molecule has 0 unspecified atom stereocenters. The normalized spacial score (nSPS) is 10.4. The minimum atomic E-state index is -0.276. The highest BCUT2D eigenvalue weighted by molar-refractivity contribution is 5.83. The highest BCUT2D eigenvalue weighted by Gasteiger charge is 2.06. The molecule has 3 rings (SSSR count). The van der Waals surface area contributed by atoms with Gasteiger partial charge in [-0.3, -0.25) is 0 Å². The zero-order valence-corrected chi connectivity index (χ0v) is 9.35. The number of hydrogen-bond acceptors (Lipinski definition) is 2. The molecule has 86 valence electrons. The van der Waals surface area contributed by atoms with E-state index in [9.17, 15) is 4.39 Å². The molecule has 0 spiro atoms. The molecule has 0 saturated heterocycles. The first kappa shape index (κ1) is 10.5. The van der Waals surface area contributed by atoms with Crippen molar-refractivity contribution in [3.05, 3.63) is 59.9 Å². The van der Waals surface area contributed by atoms with E-state index in [4.69, 9.17) is 9.68 Å². The lowest BCUT2D eigenvalue weighted by molar-refractivity contribution is 0.623. The van der Waals surface area contributed by atoms with Gasteiger partial charge in [0.15, 0.2) is 0 Å². The molecule has 0 aliphatic carbocycles. The summed E-state index contributed by atoms with van der Waals surface area (Å²) in [7, 11) is 0. The Labute approximate surface area is 103 Å². The summed E-state index contributed by atoms with van der Waals surface area (Å²) in [5, 5.41) is 9.70. The number of nitriles is 1. The van der Waals surface area contributed by atoms with Crippen LogP contribution in [0.3, 0.4) is 0 Å². The molecule has 0 aliphatic heterocycles. The SMILES string of the molecule is N#Cc1ccc2oc(-c3ccc(F)cc3)cc2c1. The second-order valence-electron chi connectivity index (χ2n) is 3.98. The van der Waals surface area contributed by atoms with E-state index >= 15 is 0 Å². The Hall–Kier alpha value is -2.60. The van der Waals surface area contributed by atoms with Crippen molar-refractivity contribution in [2.75, 3.05) is 0 Å². The molecular weight excluding hydrogens is 229 g/mol. The predicted molar refractivity (Wildman–Crippen MR) is 66.3 cm³/mol. The van der Waals surface area contributed by atoms with Crippen LogP contribution in [0.5, 0.6) is 0 Å². The van der Waals surface area contributed by atoms with E-state index in [-0.39, 0.29) is 5.82 Å². The number of furan rings is 1. The van der Waals surface area contributed by atoms with E-state index in [1.807, 2.05) is 6.07 Å². The molecule has 1 aromatic heterocycles. The Morgan fingerprint density at radius 1 is 1.00 bits per heavy atom. The van der Waals surface area contributed by atoms with E-state index in [2.05, 4.69) is 6.07 Å². The Bertz CT molecular complexity index is 750. The molecule has 0 N–H and O–H groups in total. The van der Waals surface area contributed by atoms with Gasteiger partial charge in [-0.25, -0.2) is 4.39 Å². The first-order valence-electron chi connectivity index (χ1n) is 5.46. The summed E-state index contributed by atoms with van der Waals surface area (Å²) in [5.41, 5.74) is 2.12. The second kappa shape index (κ2) is 4.01. The minimum absolute atomic E-state index is 0.276. The van der Waals surface area contributed by atoms with E-state index in [1.54, 1.807) is 30.3 Å². The Morgan fingerprint density at radius 2 is 1.78 bits per heavy atom. The van der Waals surface area contributed by atoms with Crippen molar-refractivity contribution in [3.8, 4) is 17.4 Å². The van der Waals surface area contributed by atoms with Crippen LogP contribution in [0.2, 0.25) is 0 Å². The number of halogens is 1. The highest BCUT2D eigenvalue weighted by Crippen LogP contribution is 2.28. The minimum Gasteiger partial charge on any atom is -0.456 e. The lowest BCUT2D eigenvalue weighted by Crippen LogP contribution is -1.74. The summed E-state index contributed by atoms with van der Waals surface area (Å²) in [5.74, 6) is 0.390. The third-order valence-electron chi connectivity index (χ3n) is 2.77. The van der Waals surface area contributed by atoms with Gasteiger partial charge in [-0.15, -0.1) is 0 Å². The second-order valence-corrected chi connectivity index (χ2v) is 3.98. The number of hydrogen-bond donors (Lipinski definition) is 0. The molecule has 0 fully saturated rings. The number of nitrogens with zero attached hydrogens (tertiary/aromatic N) is 1. The van der Waals surface area contributed by atoms with Crippen LogP contribution in [0.1, 0.15) is 5.56 Å². The molecule has 0 aliphatic rings. The molecule has 0 atom stereocenters. The monoisotopic (exact) mass is 237 g/mol. The van der Waals surface area contributed by atoms with Crippen LogP contribution in [-0.2, 0) is 0 Å². The van der Waals surface area contributed by atoms with Gasteiger partial charge in [-0.05, 0) is 48.5 Å². The van der Waals surface area contributed by atoms with Gasteiger partial charge in [0, 0.05) is 10.9 Å². The summed E-state index contributed by atoms with van der Waals surface area (Å²) in [6.07, 6.45) is 0. The van der Waals surface area contributed by atoms with Gasteiger partial charge >= 0.3 is 0 Å². The lowest BCUT2D eigenvalue weighted by Gasteiger charge is -1.94. The number of rotatable bonds is 1. The number of benzene rings is 2. The molecule has 0 radical (unpaired) electrons. The van der Waals surface area contributed by atoms with Crippen LogP contribution < -0.4 is 0 Å². The molecule has 1 heterocycles. The van der Waals surface area contributed by atoms with Gasteiger partial charge in [0.1, 0.15) is 17.2 Å². The van der Waals surface area contributed by atoms with Crippen molar-refractivity contribution < 1.29 is 8.81 Å². The highest BCUT2D eigenvalue weighted by atomic mass is 19.1. The average molecular weight is 237 g/mol. The quantitative estimate of drug-likeness (QED) is 0.638. The summed E-state index contributed by atoms with van der Waals surface area (Å²) < 4.78 is 18.5. The molecule has 0 bridgehead atoms. The van der Waals surface area contributed by atoms with Crippen molar-refractivity contribution in [1.29, 1.82) is 5.26 Å². The van der Waals surface area contributed by atoms with Gasteiger partial charge in [0.25, 0.3) is 0 Å². The van der Waals surface area contributed by atoms with E-state index in [1.165, 1.54) is 12.1 Å². The van der Waals surface area contributed by atoms with Gasteiger partial charge in [-0.2, -0.15) is 5.26 Å². The fourth-order valence-corrected chi connectivity index (χ4v) is 1.87. The van der Waals surface area contributed by atoms with E-state index in [0.717, 1.165) is 10.9 Å². The molecular formula is C15H8FNO. The van der Waals surface area contributed by atoms with Crippen LogP contribution in [0, 0.1) is 17.1 Å². The van der Waals surface area contributed by atoms with E-state index < -0.39 is 0 Å². The molecule has 18 heavy (non-hydrogen) atoms. The van der Waals surface area contributed by atoms with E-state index in [0.29, 0.717) is 16.9 Å². The fourth-order valence-electron chi connectivity index (χ4n) is 1.87. The van der Waals surface area contributed by atoms with Crippen molar-refractivity contribution in [2.24, 2.45) is 0 Å². The lowest BCUT2D eigenvalue weighted by atomic mass is 10.1. The molecule has 2 nitrogen and oxygen atoms in total. The average Bonchev–Trinajstić information content (AvgIpc) is 2.82. The fraction of sp³-hybridized carbons (Fsp3) is 0. The van der Waals surface area contributed by atoms with Crippen LogP contribution in [0.15, 0.2) is 52.9 Å². The Balaban J connectivity index is 2.13. The number of fused-ring (bicyclic) bond motifs is 1. The molecule has 3 aromatic rings. The standard InChI is InChI=1S/C15H8FNO/c16-13-4-2-11(3-5-13)15-8-12-7-10(9-17)1-6-14(12)18-15/h1-8H. The third-order valence-corrected chi connectivity index (χ3v) is 2.77. The summed E-state index contributed by atoms with van der Waals surface area (Å²) >= 11 is 0. The smallest absolute Gasteiger partial charge is 0.135 e. The summed E-state index contributed by atoms with van der Waals surface area (Å²) in [6.45, 7) is 0. The first-order chi connectivity index (χ1) is 8.76. The predicted octanol–water partition coefficient (Wildman–Crippen LogP) is 4.11. The van der Waals surface area contributed by atoms with Crippen molar-refractivity contribution in [1.82, 2.24) is 0 Å². The van der Waals surface area contributed by atoms with Crippen molar-refractivity contribution in [2.45, 2.75) is 0 Å². The zero-order valence-electron chi connectivity index (χ0n) is 9.35. The van der Waals surface area contributed by atoms with Crippen LogP contribution in [-0.4, -0.2) is 0 Å². The maximum absolute atomic E-state index is 12.8. The van der Waals surface area contributed by atoms with Crippen LogP contribution >= 0.6 is 0 Å². The largest absolute Gasteiger partial charge is 0.456 e. The van der Waals surface area contributed by atoms with Crippen molar-refractivity contribution >= 4 is 11.0 Å². The Kier molecular flexibility index (Phi) is 2.35. The maximum Gasteiger partial charge on any atom is 0.135 e. The van der Waals surface area contributed by atoms with Crippen LogP contribution in [0.25, 0.3) is 22.3 Å². The van der Waals surface area contributed by atoms with Gasteiger partial charge in [0.2, 0.25) is 0 Å². The summed E-state index contributed by atoms with van der Waals surface area (Å²) in [4.78, 5) is 0. The van der Waals surface area contributed by atoms with Crippen LogP contribution in [0.4, 0.5) is 4.39 Å².